The molecule has 0 saturated carbocycles. The fourth-order valence-corrected chi connectivity index (χ4v) is 2.80. The number of carboxylic acids is 1. The van der Waals surface area contributed by atoms with Crippen molar-refractivity contribution in [2.24, 2.45) is 5.10 Å². The molecule has 6 nitrogen and oxygen atoms in total. The number of carboxylic acid groups (broad SMARTS) is 1. The molecule has 0 aromatic heterocycles. The summed E-state index contributed by atoms with van der Waals surface area (Å²) in [6, 6.07) is 11.8. The zero-order valence-electron chi connectivity index (χ0n) is 13.5. The molecule has 3 rings (SSSR count). The number of halogens is 1. The normalized spacial score (nSPS) is 16.7. The largest absolute Gasteiger partial charge is 0.508 e. The van der Waals surface area contributed by atoms with E-state index in [4.69, 9.17) is 5.11 Å². The van der Waals surface area contributed by atoms with E-state index in [1.54, 1.807) is 36.4 Å². The van der Waals surface area contributed by atoms with Gasteiger partial charge in [-0.05, 0) is 12.1 Å². The smallest absolute Gasteiger partial charge is 0.328 e. The summed E-state index contributed by atoms with van der Waals surface area (Å²) in [6.07, 6.45) is 1.77. The maximum absolute atomic E-state index is 14.1. The molecule has 1 aliphatic rings. The second-order valence-corrected chi connectivity index (χ2v) is 5.66. The highest BCUT2D eigenvalue weighted by atomic mass is 19.1. The Balaban J connectivity index is 2.01. The number of amides is 1. The minimum Gasteiger partial charge on any atom is -0.508 e. The lowest BCUT2D eigenvalue weighted by Crippen LogP contribution is -2.25. The van der Waals surface area contributed by atoms with Gasteiger partial charge in [-0.15, -0.1) is 0 Å². The summed E-state index contributed by atoms with van der Waals surface area (Å²) in [5.41, 5.74) is 1.04. The number of phenols is 1. The molecule has 7 heteroatoms. The van der Waals surface area contributed by atoms with Gasteiger partial charge >= 0.3 is 5.97 Å². The van der Waals surface area contributed by atoms with E-state index < -0.39 is 23.7 Å². The molecule has 1 atom stereocenters. The molecule has 0 spiro atoms. The van der Waals surface area contributed by atoms with Gasteiger partial charge in [0.2, 0.25) is 0 Å². The van der Waals surface area contributed by atoms with Gasteiger partial charge in [-0.25, -0.2) is 14.2 Å². The van der Waals surface area contributed by atoms with Crippen LogP contribution in [0.5, 0.6) is 5.75 Å². The van der Waals surface area contributed by atoms with Crippen LogP contribution < -0.4 is 0 Å². The van der Waals surface area contributed by atoms with Gasteiger partial charge in [0.05, 0.1) is 11.8 Å². The number of para-hydroxylation sites is 1. The Hall–Kier alpha value is -3.48. The molecule has 0 bridgehead atoms. The van der Waals surface area contributed by atoms with Crippen LogP contribution in [0.3, 0.4) is 0 Å². The van der Waals surface area contributed by atoms with Gasteiger partial charge in [-0.1, -0.05) is 36.4 Å². The number of phenolic OH excluding ortho intramolecular Hbond substituents is 1. The predicted octanol–water partition coefficient (Wildman–Crippen LogP) is 2.85. The third kappa shape index (κ3) is 3.46. The highest BCUT2D eigenvalue weighted by Gasteiger charge is 2.34. The number of nitrogens with zero attached hydrogens (tertiary/aromatic N) is 2. The second-order valence-electron chi connectivity index (χ2n) is 5.66. The van der Waals surface area contributed by atoms with Crippen molar-refractivity contribution in [3.63, 3.8) is 0 Å². The molecule has 2 aromatic carbocycles. The molecule has 0 radical (unpaired) electrons. The zero-order chi connectivity index (χ0) is 18.7. The molecule has 2 N–H and O–H groups in total. The number of aliphatic carboxylic acids is 1. The van der Waals surface area contributed by atoms with Crippen molar-refractivity contribution in [2.75, 3.05) is 0 Å². The van der Waals surface area contributed by atoms with Crippen molar-refractivity contribution in [1.82, 2.24) is 5.01 Å². The first kappa shape index (κ1) is 17.3. The van der Waals surface area contributed by atoms with Crippen LogP contribution in [-0.2, 0) is 9.59 Å². The summed E-state index contributed by atoms with van der Waals surface area (Å²) in [7, 11) is 0. The molecule has 2 aromatic rings. The van der Waals surface area contributed by atoms with Crippen LogP contribution in [0.4, 0.5) is 4.39 Å². The number of hydrazone groups is 1. The number of hydrogen-bond donors (Lipinski definition) is 2. The molecule has 26 heavy (non-hydrogen) atoms. The van der Waals surface area contributed by atoms with E-state index in [1.807, 2.05) is 0 Å². The molecule has 1 unspecified atom stereocenters. The Morgan fingerprint density at radius 1 is 1.12 bits per heavy atom. The lowest BCUT2D eigenvalue weighted by atomic mass is 9.97. The van der Waals surface area contributed by atoms with Gasteiger partial charge in [0.25, 0.3) is 5.91 Å². The van der Waals surface area contributed by atoms with Gasteiger partial charge in [0.1, 0.15) is 11.6 Å². The van der Waals surface area contributed by atoms with Crippen molar-refractivity contribution in [1.29, 1.82) is 0 Å². The number of carbonyl (C=O) groups is 2. The molecule has 1 heterocycles. The van der Waals surface area contributed by atoms with E-state index in [-0.39, 0.29) is 17.7 Å². The van der Waals surface area contributed by atoms with Gasteiger partial charge in [0, 0.05) is 29.7 Å². The van der Waals surface area contributed by atoms with E-state index in [0.29, 0.717) is 17.4 Å². The SMILES string of the molecule is O=C(O)/C=C\C(=O)N1N=C(c2ccccc2F)CC1c1ccccc1O. The van der Waals surface area contributed by atoms with Crippen LogP contribution in [0, 0.1) is 5.82 Å². The minimum atomic E-state index is -1.27. The predicted molar refractivity (Wildman–Crippen MR) is 92.0 cm³/mol. The Morgan fingerprint density at radius 2 is 1.81 bits per heavy atom. The third-order valence-corrected chi connectivity index (χ3v) is 3.99. The highest BCUT2D eigenvalue weighted by Crippen LogP contribution is 2.37. The third-order valence-electron chi connectivity index (χ3n) is 3.99. The zero-order valence-corrected chi connectivity index (χ0v) is 13.5. The van der Waals surface area contributed by atoms with Crippen LogP contribution >= 0.6 is 0 Å². The van der Waals surface area contributed by atoms with E-state index >= 15 is 0 Å². The standard InChI is InChI=1S/C19H15FN2O4/c20-14-7-3-1-5-12(14)15-11-16(13-6-2-4-8-17(13)23)22(21-15)18(24)9-10-19(25)26/h1-10,16,23H,11H2,(H,25,26)/b10-9-. The number of benzene rings is 2. The lowest BCUT2D eigenvalue weighted by Gasteiger charge is -2.21. The van der Waals surface area contributed by atoms with E-state index in [1.165, 1.54) is 12.1 Å². The van der Waals surface area contributed by atoms with Gasteiger partial charge in [-0.2, -0.15) is 5.10 Å². The molecule has 0 aliphatic carbocycles. The molecule has 132 valence electrons. The fourth-order valence-electron chi connectivity index (χ4n) is 2.80. The summed E-state index contributed by atoms with van der Waals surface area (Å²) < 4.78 is 14.1. The minimum absolute atomic E-state index is 0.0255. The fraction of sp³-hybridized carbons (Fsp3) is 0.105. The van der Waals surface area contributed by atoms with E-state index in [0.717, 1.165) is 11.1 Å². The quantitative estimate of drug-likeness (QED) is 0.826. The number of carbonyl (C=O) groups excluding carboxylic acids is 1. The summed E-state index contributed by atoms with van der Waals surface area (Å²) in [5, 5.41) is 24.1. The maximum atomic E-state index is 14.1. The van der Waals surface area contributed by atoms with Gasteiger partial charge in [-0.3, -0.25) is 4.79 Å². The summed E-state index contributed by atoms with van der Waals surface area (Å²) in [4.78, 5) is 23.1. The molecule has 1 aliphatic heterocycles. The average Bonchev–Trinajstić information content (AvgIpc) is 3.05. The molecule has 0 saturated heterocycles. The Morgan fingerprint density at radius 3 is 2.50 bits per heavy atom. The Kier molecular flexibility index (Phi) is 4.79. The van der Waals surface area contributed by atoms with Crippen LogP contribution in [-0.4, -0.2) is 32.8 Å². The molecule has 0 fully saturated rings. The van der Waals surface area contributed by atoms with E-state index in [9.17, 15) is 19.1 Å². The van der Waals surface area contributed by atoms with Crippen LogP contribution in [0.25, 0.3) is 0 Å². The summed E-state index contributed by atoms with van der Waals surface area (Å²) in [6.45, 7) is 0. The first-order valence-corrected chi connectivity index (χ1v) is 7.82. The second kappa shape index (κ2) is 7.18. The van der Waals surface area contributed by atoms with Crippen molar-refractivity contribution >= 4 is 17.6 Å². The highest BCUT2D eigenvalue weighted by molar-refractivity contribution is 6.04. The van der Waals surface area contributed by atoms with Gasteiger partial charge in [0.15, 0.2) is 0 Å². The van der Waals surface area contributed by atoms with Crippen molar-refractivity contribution in [3.05, 3.63) is 77.6 Å². The Bertz CT molecular complexity index is 923. The van der Waals surface area contributed by atoms with Crippen LogP contribution in [0.15, 0.2) is 65.8 Å². The van der Waals surface area contributed by atoms with Crippen molar-refractivity contribution < 1.29 is 24.2 Å². The van der Waals surface area contributed by atoms with Crippen LogP contribution in [0.2, 0.25) is 0 Å². The lowest BCUT2D eigenvalue weighted by molar-refractivity contribution is -0.132. The van der Waals surface area contributed by atoms with Crippen molar-refractivity contribution in [3.8, 4) is 5.75 Å². The maximum Gasteiger partial charge on any atom is 0.328 e. The molecular weight excluding hydrogens is 339 g/mol. The summed E-state index contributed by atoms with van der Waals surface area (Å²) in [5.74, 6) is -2.44. The topological polar surface area (TPSA) is 90.2 Å². The molecule has 1 amide bonds. The first-order chi connectivity index (χ1) is 12.5. The summed E-state index contributed by atoms with van der Waals surface area (Å²) >= 11 is 0. The monoisotopic (exact) mass is 354 g/mol. The van der Waals surface area contributed by atoms with E-state index in [2.05, 4.69) is 5.10 Å². The average molecular weight is 354 g/mol. The Labute approximate surface area is 148 Å². The molecular formula is C19H15FN2O4. The number of hydrogen-bond acceptors (Lipinski definition) is 4. The van der Waals surface area contributed by atoms with Crippen molar-refractivity contribution in [2.45, 2.75) is 12.5 Å². The number of rotatable bonds is 4. The first-order valence-electron chi connectivity index (χ1n) is 7.82. The van der Waals surface area contributed by atoms with Gasteiger partial charge < -0.3 is 10.2 Å². The van der Waals surface area contributed by atoms with Crippen LogP contribution in [0.1, 0.15) is 23.6 Å². The number of aromatic hydroxyl groups is 1.